The number of hydrogen-bond acceptors (Lipinski definition) is 4. The van der Waals surface area contributed by atoms with Crippen molar-refractivity contribution in [3.63, 3.8) is 0 Å². The largest absolute Gasteiger partial charge is 0.480 e. The second kappa shape index (κ2) is 10.4. The predicted octanol–water partition coefficient (Wildman–Crippen LogP) is 1.63. The zero-order valence-corrected chi connectivity index (χ0v) is 12.7. The Labute approximate surface area is 117 Å². The number of carboxylic acids is 1. The number of carbonyl (C=O) groups excluding carboxylic acids is 1. The zero-order valence-electron chi connectivity index (χ0n) is 11.1. The van der Waals surface area contributed by atoms with Crippen LogP contribution in [0.3, 0.4) is 0 Å². The molecule has 7 heteroatoms. The standard InChI is InChI=1S/C11H22N2O3S2/c1-4-18-7-8(2)12-11(16)13-9(10(14)15)5-6-17-3/h8-9H,4-7H2,1-3H3,(H,14,15)(H2,12,13,16)/t8?,9-/m0/s1. The van der Waals surface area contributed by atoms with Gasteiger partial charge in [0.2, 0.25) is 0 Å². The van der Waals surface area contributed by atoms with E-state index in [0.29, 0.717) is 12.2 Å². The van der Waals surface area contributed by atoms with Crippen LogP contribution < -0.4 is 10.6 Å². The Morgan fingerprint density at radius 3 is 2.50 bits per heavy atom. The maximum atomic E-state index is 11.6. The summed E-state index contributed by atoms with van der Waals surface area (Å²) >= 11 is 3.30. The first-order valence-corrected chi connectivity index (χ1v) is 8.42. The average molecular weight is 294 g/mol. The van der Waals surface area contributed by atoms with Gasteiger partial charge in [-0.2, -0.15) is 23.5 Å². The van der Waals surface area contributed by atoms with Crippen molar-refractivity contribution in [2.75, 3.05) is 23.5 Å². The Balaban J connectivity index is 4.04. The van der Waals surface area contributed by atoms with Crippen LogP contribution in [0.15, 0.2) is 0 Å². The summed E-state index contributed by atoms with van der Waals surface area (Å²) in [4.78, 5) is 22.5. The molecule has 0 rings (SSSR count). The lowest BCUT2D eigenvalue weighted by Crippen LogP contribution is -2.49. The van der Waals surface area contributed by atoms with E-state index in [9.17, 15) is 9.59 Å². The first kappa shape index (κ1) is 17.4. The minimum absolute atomic E-state index is 0.0324. The topological polar surface area (TPSA) is 78.4 Å². The number of amides is 2. The van der Waals surface area contributed by atoms with Crippen molar-refractivity contribution < 1.29 is 14.7 Å². The number of urea groups is 1. The summed E-state index contributed by atoms with van der Waals surface area (Å²) < 4.78 is 0. The van der Waals surface area contributed by atoms with Gasteiger partial charge in [0.1, 0.15) is 6.04 Å². The van der Waals surface area contributed by atoms with Gasteiger partial charge in [-0.25, -0.2) is 9.59 Å². The molecule has 1 unspecified atom stereocenters. The molecule has 0 saturated heterocycles. The monoisotopic (exact) mass is 294 g/mol. The molecule has 0 bridgehead atoms. The highest BCUT2D eigenvalue weighted by atomic mass is 32.2. The fraction of sp³-hybridized carbons (Fsp3) is 0.818. The first-order chi connectivity index (χ1) is 8.51. The number of aliphatic carboxylic acids is 1. The molecular weight excluding hydrogens is 272 g/mol. The smallest absolute Gasteiger partial charge is 0.326 e. The summed E-state index contributed by atoms with van der Waals surface area (Å²) in [6.45, 7) is 3.96. The van der Waals surface area contributed by atoms with Crippen LogP contribution in [-0.4, -0.2) is 52.7 Å². The van der Waals surface area contributed by atoms with Gasteiger partial charge in [0.05, 0.1) is 0 Å². The number of rotatable bonds is 9. The summed E-state index contributed by atoms with van der Waals surface area (Å²) in [6, 6.07) is -1.19. The van der Waals surface area contributed by atoms with Crippen molar-refractivity contribution in [3.05, 3.63) is 0 Å². The van der Waals surface area contributed by atoms with Gasteiger partial charge in [0.25, 0.3) is 0 Å². The molecule has 0 aliphatic carbocycles. The van der Waals surface area contributed by atoms with E-state index in [-0.39, 0.29) is 6.04 Å². The van der Waals surface area contributed by atoms with Crippen LogP contribution >= 0.6 is 23.5 Å². The molecule has 0 spiro atoms. The van der Waals surface area contributed by atoms with Crippen LogP contribution in [0.5, 0.6) is 0 Å². The summed E-state index contributed by atoms with van der Waals surface area (Å²) in [5.74, 6) is 1.54. The van der Waals surface area contributed by atoms with E-state index in [4.69, 9.17) is 5.11 Å². The molecule has 2 amide bonds. The van der Waals surface area contributed by atoms with Crippen LogP contribution in [-0.2, 0) is 4.79 Å². The molecule has 0 saturated carbocycles. The van der Waals surface area contributed by atoms with Gasteiger partial charge in [-0.15, -0.1) is 0 Å². The molecule has 5 nitrogen and oxygen atoms in total. The normalized spacial score (nSPS) is 13.7. The second-order valence-corrected chi connectivity index (χ2v) is 6.16. The number of hydrogen-bond donors (Lipinski definition) is 3. The highest BCUT2D eigenvalue weighted by Crippen LogP contribution is 2.03. The van der Waals surface area contributed by atoms with Gasteiger partial charge in [0, 0.05) is 11.8 Å². The van der Waals surface area contributed by atoms with E-state index in [1.165, 1.54) is 0 Å². The molecule has 0 aromatic rings. The summed E-state index contributed by atoms with van der Waals surface area (Å²) in [5, 5.41) is 14.2. The van der Waals surface area contributed by atoms with Crippen LogP contribution in [0.4, 0.5) is 4.79 Å². The van der Waals surface area contributed by atoms with E-state index < -0.39 is 18.0 Å². The molecule has 0 heterocycles. The van der Waals surface area contributed by atoms with E-state index in [1.807, 2.05) is 13.2 Å². The van der Waals surface area contributed by atoms with Crippen molar-refractivity contribution in [1.82, 2.24) is 10.6 Å². The molecule has 0 aromatic carbocycles. The van der Waals surface area contributed by atoms with Crippen LogP contribution in [0, 0.1) is 0 Å². The first-order valence-electron chi connectivity index (χ1n) is 5.87. The molecule has 0 fully saturated rings. The fourth-order valence-electron chi connectivity index (χ4n) is 1.25. The summed E-state index contributed by atoms with van der Waals surface area (Å²) in [6.07, 6.45) is 2.34. The molecular formula is C11H22N2O3S2. The Hall–Kier alpha value is -0.560. The lowest BCUT2D eigenvalue weighted by molar-refractivity contribution is -0.139. The Morgan fingerprint density at radius 1 is 1.33 bits per heavy atom. The maximum Gasteiger partial charge on any atom is 0.326 e. The highest BCUT2D eigenvalue weighted by Gasteiger charge is 2.19. The lowest BCUT2D eigenvalue weighted by atomic mass is 10.2. The van der Waals surface area contributed by atoms with E-state index in [2.05, 4.69) is 17.6 Å². The molecule has 3 N–H and O–H groups in total. The lowest BCUT2D eigenvalue weighted by Gasteiger charge is -2.17. The van der Waals surface area contributed by atoms with Crippen molar-refractivity contribution in [1.29, 1.82) is 0 Å². The van der Waals surface area contributed by atoms with Gasteiger partial charge >= 0.3 is 12.0 Å². The number of carboxylic acid groups (broad SMARTS) is 1. The summed E-state index contributed by atoms with van der Waals surface area (Å²) in [7, 11) is 0. The van der Waals surface area contributed by atoms with Crippen LogP contribution in [0.2, 0.25) is 0 Å². The highest BCUT2D eigenvalue weighted by molar-refractivity contribution is 7.99. The molecule has 0 radical (unpaired) electrons. The van der Waals surface area contributed by atoms with Crippen molar-refractivity contribution in [2.24, 2.45) is 0 Å². The third-order valence-corrected chi connectivity index (χ3v) is 3.95. The fourth-order valence-corrected chi connectivity index (χ4v) is 2.40. The number of nitrogens with one attached hydrogen (secondary N) is 2. The quantitative estimate of drug-likeness (QED) is 0.602. The van der Waals surface area contributed by atoms with Crippen molar-refractivity contribution in [3.8, 4) is 0 Å². The molecule has 2 atom stereocenters. The third-order valence-electron chi connectivity index (χ3n) is 2.16. The Bertz CT molecular complexity index is 265. The van der Waals surface area contributed by atoms with Gasteiger partial charge in [-0.1, -0.05) is 6.92 Å². The molecule has 0 aliphatic rings. The Morgan fingerprint density at radius 2 is 2.00 bits per heavy atom. The SMILES string of the molecule is CCSCC(C)NC(=O)N[C@@H](CCSC)C(=O)O. The van der Waals surface area contributed by atoms with Gasteiger partial charge in [-0.3, -0.25) is 0 Å². The number of thioether (sulfide) groups is 2. The van der Waals surface area contributed by atoms with Gasteiger partial charge in [0.15, 0.2) is 0 Å². The molecule has 0 aliphatic heterocycles. The Kier molecular flexibility index (Phi) is 10.0. The third kappa shape index (κ3) is 8.52. The second-order valence-electron chi connectivity index (χ2n) is 3.85. The van der Waals surface area contributed by atoms with Crippen LogP contribution in [0.25, 0.3) is 0 Å². The van der Waals surface area contributed by atoms with E-state index in [1.54, 1.807) is 23.5 Å². The van der Waals surface area contributed by atoms with Crippen molar-refractivity contribution in [2.45, 2.75) is 32.4 Å². The maximum absolute atomic E-state index is 11.6. The molecule has 0 aromatic heterocycles. The molecule has 18 heavy (non-hydrogen) atoms. The minimum Gasteiger partial charge on any atom is -0.480 e. The zero-order chi connectivity index (χ0) is 14.0. The summed E-state index contributed by atoms with van der Waals surface area (Å²) in [5.41, 5.74) is 0. The van der Waals surface area contributed by atoms with Gasteiger partial charge in [-0.05, 0) is 31.1 Å². The van der Waals surface area contributed by atoms with Gasteiger partial charge < -0.3 is 15.7 Å². The number of carbonyl (C=O) groups is 2. The van der Waals surface area contributed by atoms with E-state index in [0.717, 1.165) is 11.5 Å². The predicted molar refractivity (Wildman–Crippen MR) is 78.6 cm³/mol. The average Bonchev–Trinajstić information content (AvgIpc) is 2.31. The van der Waals surface area contributed by atoms with E-state index >= 15 is 0 Å². The minimum atomic E-state index is -0.991. The molecule has 106 valence electrons. The van der Waals surface area contributed by atoms with Crippen molar-refractivity contribution >= 4 is 35.5 Å². The van der Waals surface area contributed by atoms with Crippen LogP contribution in [0.1, 0.15) is 20.3 Å².